The van der Waals surface area contributed by atoms with E-state index in [9.17, 15) is 5.11 Å². The Morgan fingerprint density at radius 3 is 2.36 bits per heavy atom. The van der Waals surface area contributed by atoms with Crippen molar-refractivity contribution in [1.82, 2.24) is 4.98 Å². The van der Waals surface area contributed by atoms with Gasteiger partial charge in [0.25, 0.3) is 0 Å². The van der Waals surface area contributed by atoms with Crippen molar-refractivity contribution in [2.45, 2.75) is 0 Å². The van der Waals surface area contributed by atoms with Crippen LogP contribution in [0.5, 0.6) is 5.75 Å². The summed E-state index contributed by atoms with van der Waals surface area (Å²) in [6.45, 7) is 0. The molecule has 0 spiro atoms. The highest BCUT2D eigenvalue weighted by atomic mass is 32.1. The van der Waals surface area contributed by atoms with Crippen molar-refractivity contribution in [2.75, 3.05) is 0 Å². The number of fused-ring (bicyclic) bond motifs is 2. The van der Waals surface area contributed by atoms with Crippen LogP contribution in [0.2, 0.25) is 0 Å². The topological polar surface area (TPSA) is 33.1 Å². The van der Waals surface area contributed by atoms with Gasteiger partial charge in [0.2, 0.25) is 0 Å². The first-order valence-electron chi connectivity index (χ1n) is 7.96. The zero-order valence-electron chi connectivity index (χ0n) is 13.1. The van der Waals surface area contributed by atoms with Crippen molar-refractivity contribution >= 4 is 43.0 Å². The van der Waals surface area contributed by atoms with Crippen molar-refractivity contribution in [1.29, 1.82) is 0 Å². The van der Waals surface area contributed by atoms with E-state index in [2.05, 4.69) is 30.3 Å². The Labute approximate surface area is 152 Å². The molecule has 0 aliphatic carbocycles. The highest BCUT2D eigenvalue weighted by Gasteiger charge is 2.16. The fourth-order valence-electron chi connectivity index (χ4n) is 3.01. The Balaban J connectivity index is 1.66. The molecule has 2 nitrogen and oxygen atoms in total. The van der Waals surface area contributed by atoms with Gasteiger partial charge in [-0.1, -0.05) is 48.5 Å². The van der Waals surface area contributed by atoms with Crippen molar-refractivity contribution in [3.8, 4) is 26.8 Å². The molecule has 0 saturated carbocycles. The van der Waals surface area contributed by atoms with Gasteiger partial charge in [0.1, 0.15) is 15.6 Å². The monoisotopic (exact) mass is 359 g/mol. The SMILES string of the molecule is Oc1c(-c2nc3cc(-c4ccccc4)ccc3s2)sc2ccccc12. The molecule has 2 aromatic heterocycles. The van der Waals surface area contributed by atoms with E-state index in [0.29, 0.717) is 5.75 Å². The number of thiophene rings is 1. The van der Waals surface area contributed by atoms with Gasteiger partial charge >= 0.3 is 0 Å². The summed E-state index contributed by atoms with van der Waals surface area (Å²) in [5, 5.41) is 12.3. The number of hydrogen-bond donors (Lipinski definition) is 1. The zero-order chi connectivity index (χ0) is 16.8. The number of hydrogen-bond acceptors (Lipinski definition) is 4. The highest BCUT2D eigenvalue weighted by molar-refractivity contribution is 7.28. The molecule has 120 valence electrons. The summed E-state index contributed by atoms with van der Waals surface area (Å²) in [7, 11) is 0. The molecule has 5 rings (SSSR count). The fourth-order valence-corrected chi connectivity index (χ4v) is 5.13. The quantitative estimate of drug-likeness (QED) is 0.388. The van der Waals surface area contributed by atoms with Crippen LogP contribution in [-0.2, 0) is 0 Å². The predicted octanol–water partition coefficient (Wildman–Crippen LogP) is 6.55. The average Bonchev–Trinajstić information content (AvgIpc) is 3.23. The molecule has 0 atom stereocenters. The van der Waals surface area contributed by atoms with Crippen molar-refractivity contribution in [2.24, 2.45) is 0 Å². The van der Waals surface area contributed by atoms with E-state index < -0.39 is 0 Å². The van der Waals surface area contributed by atoms with Gasteiger partial charge in [-0.05, 0) is 35.4 Å². The maximum atomic E-state index is 10.6. The Kier molecular flexibility index (Phi) is 3.33. The molecule has 0 saturated heterocycles. The molecule has 3 aromatic carbocycles. The van der Waals surface area contributed by atoms with Crippen LogP contribution in [0.1, 0.15) is 0 Å². The van der Waals surface area contributed by atoms with Crippen LogP contribution in [0.25, 0.3) is 41.3 Å². The maximum Gasteiger partial charge on any atom is 0.144 e. The van der Waals surface area contributed by atoms with Gasteiger partial charge in [-0.15, -0.1) is 22.7 Å². The minimum absolute atomic E-state index is 0.336. The second-order valence-electron chi connectivity index (χ2n) is 5.84. The first-order valence-corrected chi connectivity index (χ1v) is 9.60. The number of rotatable bonds is 2. The Morgan fingerprint density at radius 1 is 0.720 bits per heavy atom. The standard InChI is InChI=1S/C21H13NOS2/c23-19-15-8-4-5-9-17(15)24-20(19)21-22-16-12-14(10-11-18(16)25-21)13-6-2-1-3-7-13/h1-12,23H. The largest absolute Gasteiger partial charge is 0.506 e. The number of benzene rings is 3. The van der Waals surface area contributed by atoms with Gasteiger partial charge in [-0.3, -0.25) is 0 Å². The van der Waals surface area contributed by atoms with Crippen molar-refractivity contribution in [3.05, 3.63) is 72.8 Å². The Bertz CT molecular complexity index is 1200. The molecule has 5 aromatic rings. The molecule has 25 heavy (non-hydrogen) atoms. The van der Waals surface area contributed by atoms with E-state index in [0.717, 1.165) is 35.8 Å². The lowest BCUT2D eigenvalue weighted by molar-refractivity contribution is 0.485. The minimum Gasteiger partial charge on any atom is -0.506 e. The average molecular weight is 359 g/mol. The third-order valence-electron chi connectivity index (χ3n) is 4.26. The van der Waals surface area contributed by atoms with Gasteiger partial charge < -0.3 is 5.11 Å². The minimum atomic E-state index is 0.336. The van der Waals surface area contributed by atoms with E-state index in [-0.39, 0.29) is 0 Å². The molecular formula is C21H13NOS2. The summed E-state index contributed by atoms with van der Waals surface area (Å²) in [4.78, 5) is 5.64. The smallest absolute Gasteiger partial charge is 0.144 e. The fraction of sp³-hybridized carbons (Fsp3) is 0. The molecule has 1 N–H and O–H groups in total. The van der Waals surface area contributed by atoms with Crippen LogP contribution in [-0.4, -0.2) is 10.1 Å². The first kappa shape index (κ1) is 14.6. The molecule has 4 heteroatoms. The van der Waals surface area contributed by atoms with Crippen LogP contribution in [0, 0.1) is 0 Å². The summed E-state index contributed by atoms with van der Waals surface area (Å²) >= 11 is 3.21. The second-order valence-corrected chi connectivity index (χ2v) is 7.93. The summed E-state index contributed by atoms with van der Waals surface area (Å²) in [5.74, 6) is 0.336. The van der Waals surface area contributed by atoms with E-state index in [1.165, 1.54) is 5.56 Å². The molecule has 0 fully saturated rings. The van der Waals surface area contributed by atoms with Gasteiger partial charge in [0.05, 0.1) is 10.2 Å². The van der Waals surface area contributed by atoms with Gasteiger partial charge in [-0.25, -0.2) is 4.98 Å². The van der Waals surface area contributed by atoms with Crippen molar-refractivity contribution in [3.63, 3.8) is 0 Å². The lowest BCUT2D eigenvalue weighted by Crippen LogP contribution is -1.77. The van der Waals surface area contributed by atoms with E-state index in [4.69, 9.17) is 4.98 Å². The molecule has 0 bridgehead atoms. The van der Waals surface area contributed by atoms with E-state index >= 15 is 0 Å². The van der Waals surface area contributed by atoms with E-state index in [1.54, 1.807) is 22.7 Å². The first-order chi connectivity index (χ1) is 12.3. The molecule has 0 radical (unpaired) electrons. The third kappa shape index (κ3) is 2.42. The third-order valence-corrected chi connectivity index (χ3v) is 6.61. The predicted molar refractivity (Wildman–Crippen MR) is 108 cm³/mol. The number of aromatic hydroxyl groups is 1. The number of nitrogens with zero attached hydrogens (tertiary/aromatic N) is 1. The molecule has 2 heterocycles. The van der Waals surface area contributed by atoms with Crippen molar-refractivity contribution < 1.29 is 5.11 Å². The Hall–Kier alpha value is -2.69. The van der Waals surface area contributed by atoms with Crippen LogP contribution in [0.4, 0.5) is 0 Å². The van der Waals surface area contributed by atoms with Crippen LogP contribution in [0.15, 0.2) is 72.8 Å². The van der Waals surface area contributed by atoms with Crippen LogP contribution in [0.3, 0.4) is 0 Å². The molecule has 0 unspecified atom stereocenters. The zero-order valence-corrected chi connectivity index (χ0v) is 14.8. The van der Waals surface area contributed by atoms with Gasteiger partial charge in [-0.2, -0.15) is 0 Å². The molecular weight excluding hydrogens is 346 g/mol. The molecule has 0 aliphatic heterocycles. The lowest BCUT2D eigenvalue weighted by atomic mass is 10.1. The number of aromatic nitrogens is 1. The van der Waals surface area contributed by atoms with Gasteiger partial charge in [0, 0.05) is 10.1 Å². The van der Waals surface area contributed by atoms with E-state index in [1.807, 2.05) is 42.5 Å². The lowest BCUT2D eigenvalue weighted by Gasteiger charge is -2.00. The molecule has 0 amide bonds. The maximum absolute atomic E-state index is 10.6. The summed E-state index contributed by atoms with van der Waals surface area (Å²) in [5.41, 5.74) is 3.31. The second kappa shape index (κ2) is 5.69. The van der Waals surface area contributed by atoms with Crippen LogP contribution < -0.4 is 0 Å². The molecule has 0 aliphatic rings. The number of thiazole rings is 1. The Morgan fingerprint density at radius 2 is 1.52 bits per heavy atom. The van der Waals surface area contributed by atoms with Gasteiger partial charge in [0.15, 0.2) is 0 Å². The summed E-state index contributed by atoms with van der Waals surface area (Å²) < 4.78 is 2.21. The van der Waals surface area contributed by atoms with Crippen LogP contribution >= 0.6 is 22.7 Å². The highest BCUT2D eigenvalue weighted by Crippen LogP contribution is 2.45. The summed E-state index contributed by atoms with van der Waals surface area (Å²) in [6.07, 6.45) is 0. The normalized spacial score (nSPS) is 11.4. The summed E-state index contributed by atoms with van der Waals surface area (Å²) in [6, 6.07) is 24.6.